The standard InChI is InChI=1S/C24H29N5.C13H22/c1-5-16(3)21-15-29-22(17(4)6-2)14-27-24(29)23(28-21)25-12-11-18-13-26-20-10-8-7-9-19(18)20;1-6-12(4)9-7-8-10-13(5)11(2)3/h5,7-10,13-15,17,26H,6,11-12H2,1-4H3,(H,25,28);7-10,12H,6H2,1-5H3/b16-5+;9-7-,10-8-. The topological polar surface area (TPSA) is 58.0 Å². The highest BCUT2D eigenvalue weighted by molar-refractivity contribution is 5.83. The number of fused-ring (bicyclic) bond motifs is 2. The smallest absolute Gasteiger partial charge is 0.180 e. The molecule has 42 heavy (non-hydrogen) atoms. The number of nitrogens with zero attached hydrogens (tertiary/aromatic N) is 3. The summed E-state index contributed by atoms with van der Waals surface area (Å²) in [5.74, 6) is 1.99. The minimum absolute atomic E-state index is 0.449. The molecule has 0 aliphatic heterocycles. The van der Waals surface area contributed by atoms with Gasteiger partial charge in [0.25, 0.3) is 0 Å². The molecule has 224 valence electrons. The van der Waals surface area contributed by atoms with Crippen molar-refractivity contribution < 1.29 is 0 Å². The van der Waals surface area contributed by atoms with Crippen LogP contribution < -0.4 is 5.32 Å². The van der Waals surface area contributed by atoms with Gasteiger partial charge in [0, 0.05) is 41.7 Å². The summed E-state index contributed by atoms with van der Waals surface area (Å²) in [6, 6.07) is 8.43. The summed E-state index contributed by atoms with van der Waals surface area (Å²) in [4.78, 5) is 12.9. The Labute approximate surface area is 253 Å². The Balaban J connectivity index is 0.000000316. The van der Waals surface area contributed by atoms with E-state index in [1.165, 1.54) is 39.7 Å². The summed E-state index contributed by atoms with van der Waals surface area (Å²) in [5, 5.41) is 4.83. The third-order valence-corrected chi connectivity index (χ3v) is 8.17. The van der Waals surface area contributed by atoms with Crippen molar-refractivity contribution in [3.05, 3.63) is 101 Å². The number of rotatable bonds is 11. The van der Waals surface area contributed by atoms with Crippen LogP contribution in [0.25, 0.3) is 22.1 Å². The fourth-order valence-electron chi connectivity index (χ4n) is 4.45. The Kier molecular flexibility index (Phi) is 12.4. The Morgan fingerprint density at radius 1 is 1.05 bits per heavy atom. The molecular formula is C37H51N5. The largest absolute Gasteiger partial charge is 0.367 e. The molecule has 2 N–H and O–H groups in total. The second-order valence-corrected chi connectivity index (χ2v) is 11.5. The van der Waals surface area contributed by atoms with Crippen LogP contribution in [0.2, 0.25) is 0 Å². The highest BCUT2D eigenvalue weighted by atomic mass is 15.1. The molecule has 0 saturated heterocycles. The van der Waals surface area contributed by atoms with Gasteiger partial charge in [0.2, 0.25) is 0 Å². The maximum Gasteiger partial charge on any atom is 0.180 e. The van der Waals surface area contributed by atoms with Crippen molar-refractivity contribution in [2.24, 2.45) is 5.92 Å². The molecule has 0 bridgehead atoms. The molecule has 2 atom stereocenters. The molecule has 5 nitrogen and oxygen atoms in total. The van der Waals surface area contributed by atoms with Gasteiger partial charge >= 0.3 is 0 Å². The number of imidazole rings is 1. The minimum Gasteiger partial charge on any atom is -0.367 e. The number of hydrogen-bond donors (Lipinski definition) is 2. The van der Waals surface area contributed by atoms with Crippen LogP contribution in [-0.4, -0.2) is 25.9 Å². The summed E-state index contributed by atoms with van der Waals surface area (Å²) in [5.41, 5.74) is 9.50. The monoisotopic (exact) mass is 565 g/mol. The summed E-state index contributed by atoms with van der Waals surface area (Å²) in [6.45, 7) is 20.3. The zero-order chi connectivity index (χ0) is 30.6. The molecule has 3 aromatic heterocycles. The molecule has 0 aliphatic rings. The average Bonchev–Trinajstić information content (AvgIpc) is 3.63. The lowest BCUT2D eigenvalue weighted by Crippen LogP contribution is -2.10. The van der Waals surface area contributed by atoms with E-state index in [0.717, 1.165) is 42.1 Å². The second kappa shape index (κ2) is 16.0. The summed E-state index contributed by atoms with van der Waals surface area (Å²) < 4.78 is 2.21. The van der Waals surface area contributed by atoms with E-state index in [9.17, 15) is 0 Å². The first-order valence-electron chi connectivity index (χ1n) is 15.5. The molecule has 3 heterocycles. The van der Waals surface area contributed by atoms with E-state index in [2.05, 4.69) is 144 Å². The van der Waals surface area contributed by atoms with Gasteiger partial charge in [0.05, 0.1) is 5.69 Å². The molecule has 0 spiro atoms. The quantitative estimate of drug-likeness (QED) is 0.178. The third-order valence-electron chi connectivity index (χ3n) is 8.17. The summed E-state index contributed by atoms with van der Waals surface area (Å²) >= 11 is 0. The van der Waals surface area contributed by atoms with Crippen LogP contribution in [0, 0.1) is 5.92 Å². The summed E-state index contributed by atoms with van der Waals surface area (Å²) in [6.07, 6.45) is 20.2. The fourth-order valence-corrected chi connectivity index (χ4v) is 4.45. The predicted octanol–water partition coefficient (Wildman–Crippen LogP) is 10.3. The highest BCUT2D eigenvalue weighted by Gasteiger charge is 2.15. The van der Waals surface area contributed by atoms with E-state index >= 15 is 0 Å². The van der Waals surface area contributed by atoms with Gasteiger partial charge in [-0.05, 0) is 76.5 Å². The van der Waals surface area contributed by atoms with Gasteiger partial charge in [-0.25, -0.2) is 9.97 Å². The number of para-hydroxylation sites is 1. The molecule has 0 amide bonds. The van der Waals surface area contributed by atoms with Gasteiger partial charge in [-0.15, -0.1) is 0 Å². The van der Waals surface area contributed by atoms with Crippen molar-refractivity contribution in [3.63, 3.8) is 0 Å². The number of hydrogen-bond acceptors (Lipinski definition) is 3. The SMILES string of the molecule is C/C=C(\C)c1cn2c(C(C)CC)cnc2c(NCCc2c[nH]c3ccccc23)n1.CCC(C)/C=C\C=C/C(C)=C(C)C. The zero-order valence-electron chi connectivity index (χ0n) is 27.3. The Morgan fingerprint density at radius 3 is 2.50 bits per heavy atom. The van der Waals surface area contributed by atoms with Crippen molar-refractivity contribution >= 4 is 27.9 Å². The molecule has 1 aromatic carbocycles. The maximum absolute atomic E-state index is 4.88. The molecule has 0 fully saturated rings. The predicted molar refractivity (Wildman–Crippen MR) is 183 cm³/mol. The fraction of sp³-hybridized carbons (Fsp3) is 0.405. The molecule has 0 radical (unpaired) electrons. The van der Waals surface area contributed by atoms with E-state index < -0.39 is 0 Å². The first-order chi connectivity index (χ1) is 20.2. The molecule has 0 saturated carbocycles. The molecule has 4 aromatic rings. The Bertz CT molecular complexity index is 1560. The van der Waals surface area contributed by atoms with Crippen LogP contribution in [0.15, 0.2) is 84.4 Å². The lowest BCUT2D eigenvalue weighted by molar-refractivity contribution is 0.698. The van der Waals surface area contributed by atoms with E-state index in [1.54, 1.807) is 0 Å². The van der Waals surface area contributed by atoms with Gasteiger partial charge < -0.3 is 10.3 Å². The first-order valence-corrected chi connectivity index (χ1v) is 15.5. The van der Waals surface area contributed by atoms with Crippen molar-refractivity contribution in [1.82, 2.24) is 19.4 Å². The van der Waals surface area contributed by atoms with E-state index in [4.69, 9.17) is 9.97 Å². The number of allylic oxidation sites excluding steroid dienone is 8. The van der Waals surface area contributed by atoms with Gasteiger partial charge in [-0.1, -0.05) is 93.8 Å². The van der Waals surface area contributed by atoms with Crippen LogP contribution in [-0.2, 0) is 6.42 Å². The van der Waals surface area contributed by atoms with Crippen LogP contribution in [0.5, 0.6) is 0 Å². The minimum atomic E-state index is 0.449. The number of H-pyrrole nitrogens is 1. The van der Waals surface area contributed by atoms with E-state index in [-0.39, 0.29) is 0 Å². The van der Waals surface area contributed by atoms with Crippen molar-refractivity contribution in [3.8, 4) is 0 Å². The van der Waals surface area contributed by atoms with E-state index in [1.807, 2.05) is 6.20 Å². The van der Waals surface area contributed by atoms with Gasteiger partial charge in [-0.2, -0.15) is 0 Å². The van der Waals surface area contributed by atoms with E-state index in [0.29, 0.717) is 11.8 Å². The number of nitrogens with one attached hydrogen (secondary N) is 2. The summed E-state index contributed by atoms with van der Waals surface area (Å²) in [7, 11) is 0. The molecule has 0 aliphatic carbocycles. The number of aromatic amines is 1. The lowest BCUT2D eigenvalue weighted by Gasteiger charge is -2.13. The normalized spacial score (nSPS) is 13.5. The number of anilines is 1. The van der Waals surface area contributed by atoms with Crippen LogP contribution in [0.4, 0.5) is 5.82 Å². The lowest BCUT2D eigenvalue weighted by atomic mass is 10.1. The zero-order valence-corrected chi connectivity index (χ0v) is 27.3. The van der Waals surface area contributed by atoms with Gasteiger partial charge in [-0.3, -0.25) is 4.40 Å². The van der Waals surface area contributed by atoms with Crippen molar-refractivity contribution in [1.29, 1.82) is 0 Å². The van der Waals surface area contributed by atoms with Gasteiger partial charge in [0.15, 0.2) is 11.5 Å². The third kappa shape index (κ3) is 8.58. The second-order valence-electron chi connectivity index (χ2n) is 11.5. The van der Waals surface area contributed by atoms with Crippen LogP contribution in [0.1, 0.15) is 98.0 Å². The van der Waals surface area contributed by atoms with Gasteiger partial charge in [0.1, 0.15) is 0 Å². The Hall–Kier alpha value is -3.86. The van der Waals surface area contributed by atoms with Crippen molar-refractivity contribution in [2.45, 2.75) is 87.5 Å². The molecular weight excluding hydrogens is 514 g/mol. The average molecular weight is 566 g/mol. The first kappa shape index (κ1) is 32.7. The number of benzene rings is 1. The Morgan fingerprint density at radius 2 is 1.81 bits per heavy atom. The molecule has 2 unspecified atom stereocenters. The maximum atomic E-state index is 4.88. The highest BCUT2D eigenvalue weighted by Crippen LogP contribution is 2.26. The van der Waals surface area contributed by atoms with Crippen LogP contribution >= 0.6 is 0 Å². The number of aromatic nitrogens is 4. The molecule has 4 rings (SSSR count). The van der Waals surface area contributed by atoms with Crippen molar-refractivity contribution in [2.75, 3.05) is 11.9 Å². The van der Waals surface area contributed by atoms with Crippen LogP contribution in [0.3, 0.4) is 0 Å². The molecule has 5 heteroatoms.